The van der Waals surface area contributed by atoms with Gasteiger partial charge in [0.25, 0.3) is 11.7 Å². The lowest BCUT2D eigenvalue weighted by atomic mass is 9.95. The SMILES string of the molecule is COCCN1C(=O)C(=O)/C(=C(/O)c2cc(OC)ccc2OC)C1c1ccc(OCC(C)C)cc1. The van der Waals surface area contributed by atoms with Gasteiger partial charge in [-0.3, -0.25) is 9.59 Å². The van der Waals surface area contributed by atoms with Crippen LogP contribution in [0.5, 0.6) is 17.2 Å². The van der Waals surface area contributed by atoms with Crippen molar-refractivity contribution >= 4 is 17.4 Å². The van der Waals surface area contributed by atoms with E-state index in [1.54, 1.807) is 42.5 Å². The van der Waals surface area contributed by atoms with Crippen LogP contribution < -0.4 is 14.2 Å². The van der Waals surface area contributed by atoms with E-state index >= 15 is 0 Å². The molecule has 1 amide bonds. The molecule has 1 fully saturated rings. The highest BCUT2D eigenvalue weighted by Gasteiger charge is 2.46. The summed E-state index contributed by atoms with van der Waals surface area (Å²) in [4.78, 5) is 27.5. The number of rotatable bonds is 10. The molecule has 1 saturated heterocycles. The Balaban J connectivity index is 2.12. The second kappa shape index (κ2) is 11.1. The highest BCUT2D eigenvalue weighted by molar-refractivity contribution is 6.46. The topological polar surface area (TPSA) is 94.5 Å². The predicted molar refractivity (Wildman–Crippen MR) is 127 cm³/mol. The molecule has 1 N–H and O–H groups in total. The predicted octanol–water partition coefficient (Wildman–Crippen LogP) is 3.81. The zero-order valence-corrected chi connectivity index (χ0v) is 20.2. The maximum absolute atomic E-state index is 13.1. The van der Waals surface area contributed by atoms with E-state index in [9.17, 15) is 14.7 Å². The van der Waals surface area contributed by atoms with Crippen molar-refractivity contribution in [3.63, 3.8) is 0 Å². The zero-order valence-electron chi connectivity index (χ0n) is 20.2. The van der Waals surface area contributed by atoms with Crippen LogP contribution in [0.4, 0.5) is 0 Å². The first-order chi connectivity index (χ1) is 16.3. The molecule has 1 atom stereocenters. The van der Waals surface area contributed by atoms with Gasteiger partial charge < -0.3 is 29.0 Å². The van der Waals surface area contributed by atoms with Crippen molar-refractivity contribution in [2.24, 2.45) is 5.92 Å². The first-order valence-corrected chi connectivity index (χ1v) is 11.0. The number of hydrogen-bond donors (Lipinski definition) is 1. The Kier molecular flexibility index (Phi) is 8.17. The molecule has 1 heterocycles. The number of ketones is 1. The van der Waals surface area contributed by atoms with Crippen LogP contribution in [0.2, 0.25) is 0 Å². The van der Waals surface area contributed by atoms with E-state index in [4.69, 9.17) is 18.9 Å². The average Bonchev–Trinajstić information content (AvgIpc) is 3.10. The standard InChI is InChI=1S/C26H31NO7/c1-16(2)15-34-18-8-6-17(7-9-18)23-22(25(29)26(30)27(23)12-13-31-3)24(28)20-14-19(32-4)10-11-21(20)33-5/h6-11,14,16,23,28H,12-13,15H2,1-5H3/b24-22+. The largest absolute Gasteiger partial charge is 0.507 e. The van der Waals surface area contributed by atoms with Crippen molar-refractivity contribution in [2.75, 3.05) is 41.1 Å². The van der Waals surface area contributed by atoms with Crippen LogP contribution in [0.1, 0.15) is 31.0 Å². The number of benzene rings is 2. The number of likely N-dealkylation sites (tertiary alicyclic amines) is 1. The van der Waals surface area contributed by atoms with Crippen LogP contribution >= 0.6 is 0 Å². The van der Waals surface area contributed by atoms with E-state index < -0.39 is 17.7 Å². The van der Waals surface area contributed by atoms with E-state index in [0.717, 1.165) is 0 Å². The van der Waals surface area contributed by atoms with Crippen LogP contribution in [0.25, 0.3) is 5.76 Å². The lowest BCUT2D eigenvalue weighted by Crippen LogP contribution is -2.32. The van der Waals surface area contributed by atoms with Crippen LogP contribution in [0.3, 0.4) is 0 Å². The van der Waals surface area contributed by atoms with Crippen LogP contribution in [0, 0.1) is 5.92 Å². The van der Waals surface area contributed by atoms with E-state index in [1.807, 2.05) is 0 Å². The number of carbonyl (C=O) groups is 2. The molecular weight excluding hydrogens is 438 g/mol. The molecular formula is C26H31NO7. The number of methoxy groups -OCH3 is 3. The van der Waals surface area contributed by atoms with Crippen molar-refractivity contribution < 1.29 is 33.6 Å². The molecule has 0 bridgehead atoms. The van der Waals surface area contributed by atoms with Crippen molar-refractivity contribution in [3.8, 4) is 17.2 Å². The lowest BCUT2D eigenvalue weighted by Gasteiger charge is -2.25. The van der Waals surface area contributed by atoms with Crippen molar-refractivity contribution in [2.45, 2.75) is 19.9 Å². The summed E-state index contributed by atoms with van der Waals surface area (Å²) >= 11 is 0. The maximum Gasteiger partial charge on any atom is 0.295 e. The summed E-state index contributed by atoms with van der Waals surface area (Å²) in [5, 5.41) is 11.3. The highest BCUT2D eigenvalue weighted by atomic mass is 16.5. The number of ether oxygens (including phenoxy) is 4. The monoisotopic (exact) mass is 469 g/mol. The van der Waals surface area contributed by atoms with Gasteiger partial charge in [0.1, 0.15) is 23.0 Å². The Morgan fingerprint density at radius 2 is 1.68 bits per heavy atom. The minimum atomic E-state index is -0.801. The van der Waals surface area contributed by atoms with Gasteiger partial charge in [-0.05, 0) is 41.8 Å². The van der Waals surface area contributed by atoms with Gasteiger partial charge in [-0.2, -0.15) is 0 Å². The second-order valence-corrected chi connectivity index (χ2v) is 8.33. The zero-order chi connectivity index (χ0) is 24.8. The van der Waals surface area contributed by atoms with Gasteiger partial charge in [-0.25, -0.2) is 0 Å². The van der Waals surface area contributed by atoms with Gasteiger partial charge in [0.2, 0.25) is 0 Å². The van der Waals surface area contributed by atoms with Crippen LogP contribution in [0.15, 0.2) is 48.0 Å². The fourth-order valence-corrected chi connectivity index (χ4v) is 3.80. The molecule has 0 spiro atoms. The molecule has 3 rings (SSSR count). The van der Waals surface area contributed by atoms with Crippen molar-refractivity contribution in [3.05, 3.63) is 59.2 Å². The number of aliphatic hydroxyl groups is 1. The van der Waals surface area contributed by atoms with Crippen molar-refractivity contribution in [1.82, 2.24) is 4.90 Å². The van der Waals surface area contributed by atoms with Gasteiger partial charge in [0.15, 0.2) is 0 Å². The summed E-state index contributed by atoms with van der Waals surface area (Å²) < 4.78 is 21.6. The number of nitrogens with zero attached hydrogens (tertiary/aromatic N) is 1. The molecule has 34 heavy (non-hydrogen) atoms. The second-order valence-electron chi connectivity index (χ2n) is 8.33. The third-order valence-electron chi connectivity index (χ3n) is 5.52. The Bertz CT molecular complexity index is 1060. The molecule has 0 aliphatic carbocycles. The third kappa shape index (κ3) is 5.17. The third-order valence-corrected chi connectivity index (χ3v) is 5.52. The number of Topliss-reactive ketones (excluding diaryl/α,β-unsaturated/α-hetero) is 1. The smallest absolute Gasteiger partial charge is 0.295 e. The Hall–Kier alpha value is -3.52. The number of amides is 1. The van der Waals surface area contributed by atoms with Crippen molar-refractivity contribution in [1.29, 1.82) is 0 Å². The molecule has 1 unspecified atom stereocenters. The fraction of sp³-hybridized carbons (Fsp3) is 0.385. The minimum Gasteiger partial charge on any atom is -0.507 e. The number of aliphatic hydroxyl groups excluding tert-OH is 1. The van der Waals surface area contributed by atoms with Gasteiger partial charge >= 0.3 is 0 Å². The quantitative estimate of drug-likeness (QED) is 0.321. The summed E-state index contributed by atoms with van der Waals surface area (Å²) in [7, 11) is 4.48. The Labute approximate surface area is 199 Å². The van der Waals surface area contributed by atoms with E-state index in [-0.39, 0.29) is 30.0 Å². The Morgan fingerprint density at radius 3 is 2.26 bits per heavy atom. The van der Waals surface area contributed by atoms with Gasteiger partial charge in [0, 0.05) is 13.7 Å². The van der Waals surface area contributed by atoms with E-state index in [2.05, 4.69) is 13.8 Å². The highest BCUT2D eigenvalue weighted by Crippen LogP contribution is 2.41. The molecule has 8 nitrogen and oxygen atoms in total. The molecule has 1 aliphatic heterocycles. The van der Waals surface area contributed by atoms with Crippen LogP contribution in [-0.2, 0) is 14.3 Å². The van der Waals surface area contributed by atoms with Gasteiger partial charge in [-0.15, -0.1) is 0 Å². The summed E-state index contributed by atoms with van der Waals surface area (Å²) in [6.45, 7) is 5.11. The summed E-state index contributed by atoms with van der Waals surface area (Å²) in [6.07, 6.45) is 0. The maximum atomic E-state index is 13.1. The molecule has 182 valence electrons. The number of hydrogen-bond acceptors (Lipinski definition) is 7. The first-order valence-electron chi connectivity index (χ1n) is 11.0. The van der Waals surface area contributed by atoms with Gasteiger partial charge in [0.05, 0.1) is 44.6 Å². The fourth-order valence-electron chi connectivity index (χ4n) is 3.80. The molecule has 0 radical (unpaired) electrons. The minimum absolute atomic E-state index is 0.0245. The van der Waals surface area contributed by atoms with E-state index in [0.29, 0.717) is 35.3 Å². The molecule has 8 heteroatoms. The molecule has 2 aromatic rings. The van der Waals surface area contributed by atoms with Crippen LogP contribution in [-0.4, -0.2) is 62.8 Å². The molecule has 1 aliphatic rings. The Morgan fingerprint density at radius 1 is 1.00 bits per heavy atom. The van der Waals surface area contributed by atoms with E-state index in [1.165, 1.54) is 26.2 Å². The average molecular weight is 470 g/mol. The molecule has 0 aromatic heterocycles. The summed E-state index contributed by atoms with van der Waals surface area (Å²) in [6, 6.07) is 11.2. The van der Waals surface area contributed by atoms with Gasteiger partial charge in [-0.1, -0.05) is 26.0 Å². The summed E-state index contributed by atoms with van der Waals surface area (Å²) in [5.41, 5.74) is 0.896. The summed E-state index contributed by atoms with van der Waals surface area (Å²) in [5.74, 6) is 0.0597. The molecule has 2 aromatic carbocycles. The number of carbonyl (C=O) groups excluding carboxylic acids is 2. The molecule has 0 saturated carbocycles. The normalized spacial score (nSPS) is 17.4. The lowest BCUT2D eigenvalue weighted by molar-refractivity contribution is -0.140. The first kappa shape index (κ1) is 25.1.